The van der Waals surface area contributed by atoms with E-state index in [1.807, 2.05) is 23.6 Å². The normalized spacial score (nSPS) is 14.0. The van der Waals surface area contributed by atoms with Crippen LogP contribution in [0.15, 0.2) is 46.9 Å². The highest BCUT2D eigenvalue weighted by atomic mass is 32.1. The number of thiazole rings is 1. The number of nitrogens with one attached hydrogen (secondary N) is 1. The van der Waals surface area contributed by atoms with Crippen molar-refractivity contribution < 1.29 is 14.3 Å². The molecule has 4 rings (SSSR count). The Hall–Kier alpha value is -2.91. The van der Waals surface area contributed by atoms with Crippen LogP contribution in [0, 0.1) is 0 Å². The van der Waals surface area contributed by atoms with Gasteiger partial charge < -0.3 is 14.4 Å². The number of carbonyl (C=O) groups is 1. The number of ether oxygens (including phenoxy) is 2. The zero-order valence-corrected chi connectivity index (χ0v) is 18.9. The molecule has 1 N–H and O–H groups in total. The van der Waals surface area contributed by atoms with E-state index in [2.05, 4.69) is 21.5 Å². The predicted molar refractivity (Wildman–Crippen MR) is 126 cm³/mol. The predicted octanol–water partition coefficient (Wildman–Crippen LogP) is 4.40. The summed E-state index contributed by atoms with van der Waals surface area (Å²) in [4.78, 5) is 21.4. The SMILES string of the molecule is COc1ccccc1OCC(=O)N/N=C\c1sc(N2CCCCC2)nc1-c1cccs1. The number of hydrogen-bond acceptors (Lipinski definition) is 8. The number of methoxy groups -OCH3 is 1. The minimum atomic E-state index is -0.347. The summed E-state index contributed by atoms with van der Waals surface area (Å²) < 4.78 is 10.8. The van der Waals surface area contributed by atoms with Crippen molar-refractivity contribution in [2.45, 2.75) is 19.3 Å². The highest BCUT2D eigenvalue weighted by Crippen LogP contribution is 2.35. The summed E-state index contributed by atoms with van der Waals surface area (Å²) in [6.07, 6.45) is 5.33. The van der Waals surface area contributed by atoms with Crippen LogP contribution in [0.4, 0.5) is 5.13 Å². The number of piperidine rings is 1. The van der Waals surface area contributed by atoms with Crippen LogP contribution < -0.4 is 19.8 Å². The van der Waals surface area contributed by atoms with E-state index in [4.69, 9.17) is 14.5 Å². The van der Waals surface area contributed by atoms with Crippen molar-refractivity contribution in [3.05, 3.63) is 46.7 Å². The van der Waals surface area contributed by atoms with Gasteiger partial charge >= 0.3 is 0 Å². The van der Waals surface area contributed by atoms with Crippen molar-refractivity contribution in [1.82, 2.24) is 10.4 Å². The number of carbonyl (C=O) groups excluding carboxylic acids is 1. The molecule has 0 aliphatic carbocycles. The Labute approximate surface area is 189 Å². The number of nitrogens with zero attached hydrogens (tertiary/aromatic N) is 3. The molecular formula is C22H24N4O3S2. The lowest BCUT2D eigenvalue weighted by atomic mass is 10.1. The van der Waals surface area contributed by atoms with Gasteiger partial charge in [-0.25, -0.2) is 10.4 Å². The molecule has 162 valence electrons. The molecule has 2 aromatic heterocycles. The number of hydrogen-bond donors (Lipinski definition) is 1. The van der Waals surface area contributed by atoms with Gasteiger partial charge in [-0.05, 0) is 42.8 Å². The van der Waals surface area contributed by atoms with E-state index in [9.17, 15) is 4.79 Å². The van der Waals surface area contributed by atoms with Crippen LogP contribution in [0.1, 0.15) is 24.1 Å². The molecule has 31 heavy (non-hydrogen) atoms. The molecule has 1 aliphatic heterocycles. The molecule has 7 nitrogen and oxygen atoms in total. The van der Waals surface area contributed by atoms with Gasteiger partial charge in [-0.1, -0.05) is 29.5 Å². The van der Waals surface area contributed by atoms with E-state index in [-0.39, 0.29) is 12.5 Å². The first-order chi connectivity index (χ1) is 15.2. The van der Waals surface area contributed by atoms with E-state index >= 15 is 0 Å². The molecule has 1 aromatic carbocycles. The molecule has 0 bridgehead atoms. The second kappa shape index (κ2) is 10.4. The lowest BCUT2D eigenvalue weighted by Gasteiger charge is -2.25. The fourth-order valence-electron chi connectivity index (χ4n) is 3.29. The number of rotatable bonds is 8. The van der Waals surface area contributed by atoms with Crippen LogP contribution in [-0.2, 0) is 4.79 Å². The minimum Gasteiger partial charge on any atom is -0.493 e. The second-order valence-corrected chi connectivity index (χ2v) is 8.92. The molecule has 0 unspecified atom stereocenters. The highest BCUT2D eigenvalue weighted by molar-refractivity contribution is 7.18. The van der Waals surface area contributed by atoms with Crippen LogP contribution in [0.25, 0.3) is 10.6 Å². The number of hydrazone groups is 1. The lowest BCUT2D eigenvalue weighted by molar-refractivity contribution is -0.123. The molecule has 3 aromatic rings. The summed E-state index contributed by atoms with van der Waals surface area (Å²) in [6, 6.07) is 11.3. The van der Waals surface area contributed by atoms with Gasteiger partial charge in [-0.15, -0.1) is 11.3 Å². The first-order valence-corrected chi connectivity index (χ1v) is 11.8. The first-order valence-electron chi connectivity index (χ1n) is 10.1. The monoisotopic (exact) mass is 456 g/mol. The molecule has 3 heterocycles. The fraction of sp³-hybridized carbons (Fsp3) is 0.318. The molecule has 1 amide bonds. The number of para-hydroxylation sites is 2. The summed E-state index contributed by atoms with van der Waals surface area (Å²) >= 11 is 3.25. The smallest absolute Gasteiger partial charge is 0.277 e. The van der Waals surface area contributed by atoms with Gasteiger partial charge in [0.05, 0.1) is 23.1 Å². The van der Waals surface area contributed by atoms with E-state index in [1.165, 1.54) is 19.3 Å². The Morgan fingerprint density at radius 1 is 1.19 bits per heavy atom. The third kappa shape index (κ3) is 5.42. The average Bonchev–Trinajstić information content (AvgIpc) is 3.48. The molecule has 0 spiro atoms. The van der Waals surface area contributed by atoms with Crippen LogP contribution in [0.5, 0.6) is 11.5 Å². The number of amides is 1. The summed E-state index contributed by atoms with van der Waals surface area (Å²) in [5.74, 6) is 0.743. The molecule has 9 heteroatoms. The van der Waals surface area contributed by atoms with Crippen molar-refractivity contribution in [1.29, 1.82) is 0 Å². The van der Waals surface area contributed by atoms with Gasteiger partial charge in [0.25, 0.3) is 5.91 Å². The Balaban J connectivity index is 1.41. The molecule has 0 saturated carbocycles. The molecule has 0 atom stereocenters. The summed E-state index contributed by atoms with van der Waals surface area (Å²) in [7, 11) is 1.56. The minimum absolute atomic E-state index is 0.156. The van der Waals surface area contributed by atoms with Gasteiger partial charge in [0.15, 0.2) is 23.2 Å². The van der Waals surface area contributed by atoms with Crippen LogP contribution in [0.2, 0.25) is 0 Å². The van der Waals surface area contributed by atoms with Crippen LogP contribution >= 0.6 is 22.7 Å². The van der Waals surface area contributed by atoms with Crippen molar-refractivity contribution in [2.24, 2.45) is 5.10 Å². The zero-order valence-electron chi connectivity index (χ0n) is 17.2. The average molecular weight is 457 g/mol. The highest BCUT2D eigenvalue weighted by Gasteiger charge is 2.19. The maximum absolute atomic E-state index is 12.2. The molecular weight excluding hydrogens is 432 g/mol. The van der Waals surface area contributed by atoms with Crippen LogP contribution in [0.3, 0.4) is 0 Å². The van der Waals surface area contributed by atoms with Gasteiger partial charge in [-0.2, -0.15) is 5.10 Å². The van der Waals surface area contributed by atoms with Crippen molar-refractivity contribution in [3.8, 4) is 22.1 Å². The molecule has 0 radical (unpaired) electrons. The standard InChI is InChI=1S/C22H24N4O3S2/c1-28-16-8-3-4-9-17(16)29-15-20(27)25-23-14-19-21(18-10-7-13-30-18)24-22(31-19)26-11-5-2-6-12-26/h3-4,7-10,13-14H,2,5-6,11-12,15H2,1H3,(H,25,27)/b23-14-. The number of anilines is 1. The van der Waals surface area contributed by atoms with Crippen molar-refractivity contribution in [2.75, 3.05) is 31.7 Å². The molecule has 1 aliphatic rings. The summed E-state index contributed by atoms with van der Waals surface area (Å²) in [5, 5.41) is 7.19. The van der Waals surface area contributed by atoms with Crippen molar-refractivity contribution in [3.63, 3.8) is 0 Å². The van der Waals surface area contributed by atoms with E-state index in [1.54, 1.807) is 48.1 Å². The van der Waals surface area contributed by atoms with Crippen molar-refractivity contribution >= 4 is 39.9 Å². The Morgan fingerprint density at radius 3 is 2.74 bits per heavy atom. The Morgan fingerprint density at radius 2 is 2.00 bits per heavy atom. The summed E-state index contributed by atoms with van der Waals surface area (Å²) in [5.41, 5.74) is 3.44. The molecule has 1 saturated heterocycles. The van der Waals surface area contributed by atoms with Gasteiger partial charge in [0, 0.05) is 13.1 Å². The first kappa shape index (κ1) is 21.3. The Kier molecular flexibility index (Phi) is 7.16. The number of aromatic nitrogens is 1. The summed E-state index contributed by atoms with van der Waals surface area (Å²) in [6.45, 7) is 1.91. The third-order valence-corrected chi connectivity index (χ3v) is 6.75. The second-order valence-electron chi connectivity index (χ2n) is 6.97. The topological polar surface area (TPSA) is 76.1 Å². The maximum atomic E-state index is 12.2. The fourth-order valence-corrected chi connectivity index (χ4v) is 5.09. The lowest BCUT2D eigenvalue weighted by Crippen LogP contribution is -2.29. The van der Waals surface area contributed by atoms with E-state index in [0.717, 1.165) is 33.7 Å². The number of thiophene rings is 1. The third-order valence-electron chi connectivity index (χ3n) is 4.82. The van der Waals surface area contributed by atoms with E-state index in [0.29, 0.717) is 11.5 Å². The van der Waals surface area contributed by atoms with Gasteiger partial charge in [-0.3, -0.25) is 4.79 Å². The van der Waals surface area contributed by atoms with Gasteiger partial charge in [0.2, 0.25) is 0 Å². The number of benzene rings is 1. The van der Waals surface area contributed by atoms with Crippen LogP contribution in [-0.4, -0.2) is 43.9 Å². The maximum Gasteiger partial charge on any atom is 0.277 e. The zero-order chi connectivity index (χ0) is 21.5. The quantitative estimate of drug-likeness (QED) is 0.402. The largest absolute Gasteiger partial charge is 0.493 e. The molecule has 1 fully saturated rings. The van der Waals surface area contributed by atoms with Gasteiger partial charge in [0.1, 0.15) is 5.69 Å². The Bertz CT molecular complexity index is 1030. The van der Waals surface area contributed by atoms with E-state index < -0.39 is 0 Å².